The molecule has 1 aliphatic carbocycles. The normalized spacial score (nSPS) is 32.3. The van der Waals surface area contributed by atoms with Crippen LogP contribution in [0, 0.1) is 11.8 Å². The monoisotopic (exact) mass is 273 g/mol. The largest absolute Gasteiger partial charge is 0.330 e. The Morgan fingerprint density at radius 1 is 0.950 bits per heavy atom. The summed E-state index contributed by atoms with van der Waals surface area (Å²) in [7, 11) is 0. The van der Waals surface area contributed by atoms with Crippen LogP contribution in [0.1, 0.15) is 25.7 Å². The molecule has 1 spiro atoms. The first-order valence-corrected chi connectivity index (χ1v) is 8.22. The van der Waals surface area contributed by atoms with Gasteiger partial charge in [0.25, 0.3) is 0 Å². The van der Waals surface area contributed by atoms with Gasteiger partial charge in [-0.3, -0.25) is 0 Å². The fraction of sp³-hybridized carbons (Fsp3) is 0.750. The molecule has 1 aromatic heterocycles. The van der Waals surface area contributed by atoms with Crippen LogP contribution in [0.5, 0.6) is 0 Å². The lowest BCUT2D eigenvalue weighted by Gasteiger charge is -2.42. The Hall–Kier alpha value is -1.16. The van der Waals surface area contributed by atoms with Crippen molar-refractivity contribution in [3.8, 4) is 0 Å². The van der Waals surface area contributed by atoms with Gasteiger partial charge in [-0.1, -0.05) is 12.8 Å². The molecular formula is C16H25N4+. The maximum atomic E-state index is 4.40. The average molecular weight is 273 g/mol. The molecule has 0 bridgehead atoms. The van der Waals surface area contributed by atoms with Crippen molar-refractivity contribution < 1.29 is 4.48 Å². The standard InChI is InChI=1S/C16H25N4/c1-2-5-15-13-20(12-14(15)4-1)10-8-19(9-11-20)16-17-6-3-7-18-16/h3,6-7,14-15H,1-2,4-5,8-13H2/q+1. The fourth-order valence-corrected chi connectivity index (χ4v) is 4.74. The van der Waals surface area contributed by atoms with Gasteiger partial charge in [0.05, 0.1) is 39.3 Å². The van der Waals surface area contributed by atoms with E-state index in [1.165, 1.54) is 56.3 Å². The summed E-state index contributed by atoms with van der Waals surface area (Å²) in [5.41, 5.74) is 0. The zero-order chi connectivity index (χ0) is 13.4. The summed E-state index contributed by atoms with van der Waals surface area (Å²) in [6, 6.07) is 1.90. The molecule has 2 saturated heterocycles. The summed E-state index contributed by atoms with van der Waals surface area (Å²) in [5, 5.41) is 0. The van der Waals surface area contributed by atoms with Crippen molar-refractivity contribution in [3.63, 3.8) is 0 Å². The van der Waals surface area contributed by atoms with Gasteiger partial charge in [-0.05, 0) is 18.9 Å². The molecule has 0 amide bonds. The zero-order valence-corrected chi connectivity index (χ0v) is 12.2. The van der Waals surface area contributed by atoms with Crippen molar-refractivity contribution in [2.45, 2.75) is 25.7 Å². The van der Waals surface area contributed by atoms with Gasteiger partial charge in [-0.2, -0.15) is 0 Å². The van der Waals surface area contributed by atoms with E-state index in [0.29, 0.717) is 0 Å². The SMILES string of the molecule is c1cnc(N2CC[N+]3(CC2)CC2CCCCC2C3)nc1. The van der Waals surface area contributed by atoms with Crippen LogP contribution in [0.3, 0.4) is 0 Å². The van der Waals surface area contributed by atoms with E-state index in [1.807, 2.05) is 18.5 Å². The molecular weight excluding hydrogens is 248 g/mol. The quantitative estimate of drug-likeness (QED) is 0.732. The summed E-state index contributed by atoms with van der Waals surface area (Å²) < 4.78 is 1.39. The van der Waals surface area contributed by atoms with Crippen molar-refractivity contribution in [1.82, 2.24) is 9.97 Å². The van der Waals surface area contributed by atoms with Crippen LogP contribution in [0.2, 0.25) is 0 Å². The number of quaternary nitrogens is 1. The van der Waals surface area contributed by atoms with Gasteiger partial charge < -0.3 is 9.38 Å². The molecule has 3 fully saturated rings. The van der Waals surface area contributed by atoms with Gasteiger partial charge >= 0.3 is 0 Å². The Kier molecular flexibility index (Phi) is 3.14. The number of rotatable bonds is 1. The van der Waals surface area contributed by atoms with Crippen molar-refractivity contribution in [1.29, 1.82) is 0 Å². The number of fused-ring (bicyclic) bond motifs is 1. The molecule has 2 atom stereocenters. The highest BCUT2D eigenvalue weighted by Gasteiger charge is 2.47. The molecule has 2 unspecified atom stereocenters. The molecule has 0 N–H and O–H groups in total. The predicted molar refractivity (Wildman–Crippen MR) is 79.4 cm³/mol. The topological polar surface area (TPSA) is 29.0 Å². The van der Waals surface area contributed by atoms with Crippen LogP contribution in [-0.4, -0.2) is 53.7 Å². The van der Waals surface area contributed by atoms with E-state index < -0.39 is 0 Å². The second-order valence-corrected chi connectivity index (χ2v) is 6.99. The Morgan fingerprint density at radius 3 is 2.15 bits per heavy atom. The first kappa shape index (κ1) is 12.6. The van der Waals surface area contributed by atoms with Crippen molar-refractivity contribution in [3.05, 3.63) is 18.5 Å². The summed E-state index contributed by atoms with van der Waals surface area (Å²) in [6.07, 6.45) is 9.65. The fourth-order valence-electron chi connectivity index (χ4n) is 4.74. The molecule has 3 heterocycles. The third-order valence-corrected chi connectivity index (χ3v) is 5.83. The van der Waals surface area contributed by atoms with E-state index in [2.05, 4.69) is 14.9 Å². The second-order valence-electron chi connectivity index (χ2n) is 6.99. The maximum Gasteiger partial charge on any atom is 0.225 e. The Labute approximate surface area is 121 Å². The highest BCUT2D eigenvalue weighted by Crippen LogP contribution is 2.40. The Balaban J connectivity index is 1.42. The molecule has 4 nitrogen and oxygen atoms in total. The summed E-state index contributed by atoms with van der Waals surface area (Å²) in [6.45, 7) is 7.76. The van der Waals surface area contributed by atoms with Crippen LogP contribution in [0.15, 0.2) is 18.5 Å². The van der Waals surface area contributed by atoms with Gasteiger partial charge in [0, 0.05) is 24.2 Å². The van der Waals surface area contributed by atoms with Crippen LogP contribution in [-0.2, 0) is 0 Å². The Morgan fingerprint density at radius 2 is 1.55 bits per heavy atom. The summed E-state index contributed by atoms with van der Waals surface area (Å²) in [5.74, 6) is 2.98. The predicted octanol–water partition coefficient (Wildman–Crippen LogP) is 1.93. The number of hydrogen-bond acceptors (Lipinski definition) is 3. The molecule has 1 aromatic rings. The lowest BCUT2D eigenvalue weighted by Crippen LogP contribution is -2.58. The average Bonchev–Trinajstić information content (AvgIpc) is 2.86. The van der Waals surface area contributed by atoms with Crippen molar-refractivity contribution >= 4 is 5.95 Å². The zero-order valence-electron chi connectivity index (χ0n) is 12.2. The first-order valence-electron chi connectivity index (χ1n) is 8.22. The lowest BCUT2D eigenvalue weighted by molar-refractivity contribution is -0.919. The molecule has 0 radical (unpaired) electrons. The summed E-state index contributed by atoms with van der Waals surface area (Å²) >= 11 is 0. The number of nitrogens with zero attached hydrogens (tertiary/aromatic N) is 4. The maximum absolute atomic E-state index is 4.40. The molecule has 4 heteroatoms. The minimum Gasteiger partial charge on any atom is -0.330 e. The molecule has 0 aromatic carbocycles. The molecule has 2 aliphatic heterocycles. The Bertz CT molecular complexity index is 437. The first-order chi connectivity index (χ1) is 9.85. The summed E-state index contributed by atoms with van der Waals surface area (Å²) in [4.78, 5) is 11.2. The molecule has 20 heavy (non-hydrogen) atoms. The van der Waals surface area contributed by atoms with Crippen LogP contribution >= 0.6 is 0 Å². The van der Waals surface area contributed by atoms with Crippen molar-refractivity contribution in [2.75, 3.05) is 44.2 Å². The van der Waals surface area contributed by atoms with E-state index in [1.54, 1.807) is 0 Å². The highest BCUT2D eigenvalue weighted by atomic mass is 15.4. The van der Waals surface area contributed by atoms with Crippen LogP contribution in [0.4, 0.5) is 5.95 Å². The van der Waals surface area contributed by atoms with E-state index in [0.717, 1.165) is 30.9 Å². The van der Waals surface area contributed by atoms with E-state index in [-0.39, 0.29) is 0 Å². The third kappa shape index (κ3) is 2.20. The minimum atomic E-state index is 0.918. The van der Waals surface area contributed by atoms with Gasteiger partial charge in [0.2, 0.25) is 5.95 Å². The molecule has 108 valence electrons. The van der Waals surface area contributed by atoms with E-state index in [9.17, 15) is 0 Å². The second kappa shape index (κ2) is 4.99. The van der Waals surface area contributed by atoms with Crippen LogP contribution in [0.25, 0.3) is 0 Å². The number of hydrogen-bond donors (Lipinski definition) is 0. The minimum absolute atomic E-state index is 0.918. The van der Waals surface area contributed by atoms with Gasteiger partial charge in [0.1, 0.15) is 0 Å². The van der Waals surface area contributed by atoms with E-state index >= 15 is 0 Å². The van der Waals surface area contributed by atoms with Crippen LogP contribution < -0.4 is 4.90 Å². The molecule has 1 saturated carbocycles. The third-order valence-electron chi connectivity index (χ3n) is 5.83. The van der Waals surface area contributed by atoms with Gasteiger partial charge in [-0.15, -0.1) is 0 Å². The molecule has 3 aliphatic rings. The van der Waals surface area contributed by atoms with Gasteiger partial charge in [-0.25, -0.2) is 9.97 Å². The number of anilines is 1. The van der Waals surface area contributed by atoms with Crippen molar-refractivity contribution in [2.24, 2.45) is 11.8 Å². The van der Waals surface area contributed by atoms with E-state index in [4.69, 9.17) is 0 Å². The molecule has 4 rings (SSSR count). The van der Waals surface area contributed by atoms with Gasteiger partial charge in [0.15, 0.2) is 0 Å². The highest BCUT2D eigenvalue weighted by molar-refractivity contribution is 5.28. The lowest BCUT2D eigenvalue weighted by atomic mass is 9.82. The number of aromatic nitrogens is 2. The number of piperazine rings is 1. The smallest absolute Gasteiger partial charge is 0.225 e.